The highest BCUT2D eigenvalue weighted by Gasteiger charge is 2.44. The zero-order valence-electron chi connectivity index (χ0n) is 12.0. The van der Waals surface area contributed by atoms with Gasteiger partial charge in [0, 0.05) is 24.2 Å². The minimum Gasteiger partial charge on any atom is -0.409 e. The van der Waals surface area contributed by atoms with Crippen LogP contribution >= 0.6 is 0 Å². The van der Waals surface area contributed by atoms with Crippen LogP contribution < -0.4 is 11.1 Å². The molecule has 1 aliphatic carbocycles. The predicted molar refractivity (Wildman–Crippen MR) is 77.1 cm³/mol. The van der Waals surface area contributed by atoms with Gasteiger partial charge in [-0.25, -0.2) is 4.39 Å². The Hall–Kier alpha value is -1.62. The molecular weight excluding hydrogens is 257 g/mol. The quantitative estimate of drug-likeness (QED) is 0.324. The first kappa shape index (κ1) is 14.8. The molecule has 0 bridgehead atoms. The monoisotopic (exact) mass is 279 g/mol. The molecule has 0 radical (unpaired) electrons. The van der Waals surface area contributed by atoms with Gasteiger partial charge in [-0.2, -0.15) is 0 Å². The molecule has 4 nitrogen and oxygen atoms in total. The van der Waals surface area contributed by atoms with E-state index in [4.69, 9.17) is 10.9 Å². The predicted octanol–water partition coefficient (Wildman–Crippen LogP) is 2.45. The van der Waals surface area contributed by atoms with Gasteiger partial charge in [0.2, 0.25) is 0 Å². The van der Waals surface area contributed by atoms with Crippen LogP contribution in [0.3, 0.4) is 0 Å². The summed E-state index contributed by atoms with van der Waals surface area (Å²) in [5.74, 6) is 0.235. The Balaban J connectivity index is 1.94. The van der Waals surface area contributed by atoms with Gasteiger partial charge in [0.05, 0.1) is 0 Å². The van der Waals surface area contributed by atoms with Crippen LogP contribution in [0.5, 0.6) is 0 Å². The largest absolute Gasteiger partial charge is 0.409 e. The summed E-state index contributed by atoms with van der Waals surface area (Å²) >= 11 is 0. The molecule has 1 aromatic carbocycles. The molecule has 0 amide bonds. The highest BCUT2D eigenvalue weighted by atomic mass is 19.1. The molecule has 0 atom stereocenters. The van der Waals surface area contributed by atoms with Gasteiger partial charge in [-0.1, -0.05) is 31.1 Å². The van der Waals surface area contributed by atoms with E-state index in [1.54, 1.807) is 12.1 Å². The van der Waals surface area contributed by atoms with Crippen LogP contribution in [0.25, 0.3) is 0 Å². The molecule has 0 aromatic heterocycles. The maximum atomic E-state index is 13.9. The first-order valence-electron chi connectivity index (χ1n) is 6.95. The number of amidine groups is 1. The van der Waals surface area contributed by atoms with E-state index in [1.165, 1.54) is 18.9 Å². The molecule has 0 aliphatic heterocycles. The lowest BCUT2D eigenvalue weighted by Gasteiger charge is -2.20. The fourth-order valence-corrected chi connectivity index (χ4v) is 2.47. The average Bonchev–Trinajstić information content (AvgIpc) is 3.21. The second kappa shape index (κ2) is 5.79. The number of hydrogen-bond donors (Lipinski definition) is 3. The molecular formula is C15H22FN3O. The van der Waals surface area contributed by atoms with E-state index < -0.39 is 0 Å². The number of nitrogens with two attached hydrogens (primary N) is 1. The molecule has 1 saturated carbocycles. The van der Waals surface area contributed by atoms with Crippen LogP contribution in [-0.2, 0) is 6.54 Å². The normalized spacial score (nSPS) is 17.5. The van der Waals surface area contributed by atoms with Gasteiger partial charge in [-0.05, 0) is 30.2 Å². The number of hydrogen-bond acceptors (Lipinski definition) is 3. The molecule has 110 valence electrons. The molecule has 1 aromatic rings. The highest BCUT2D eigenvalue weighted by Crippen LogP contribution is 2.51. The number of oxime groups is 1. The van der Waals surface area contributed by atoms with Gasteiger partial charge < -0.3 is 16.3 Å². The van der Waals surface area contributed by atoms with Crippen molar-refractivity contribution in [2.45, 2.75) is 33.2 Å². The Morgan fingerprint density at radius 2 is 2.20 bits per heavy atom. The van der Waals surface area contributed by atoms with E-state index in [-0.39, 0.29) is 11.7 Å². The van der Waals surface area contributed by atoms with Gasteiger partial charge in [-0.3, -0.25) is 0 Å². The van der Waals surface area contributed by atoms with Crippen LogP contribution in [-0.4, -0.2) is 17.6 Å². The Bertz CT molecular complexity index is 510. The number of rotatable bonds is 6. The maximum absolute atomic E-state index is 13.9. The van der Waals surface area contributed by atoms with Gasteiger partial charge >= 0.3 is 0 Å². The van der Waals surface area contributed by atoms with E-state index in [9.17, 15) is 4.39 Å². The second-order valence-corrected chi connectivity index (χ2v) is 5.91. The van der Waals surface area contributed by atoms with Crippen molar-refractivity contribution in [3.63, 3.8) is 0 Å². The number of nitrogens with one attached hydrogen (secondary N) is 1. The van der Waals surface area contributed by atoms with E-state index in [0.29, 0.717) is 29.0 Å². The zero-order valence-corrected chi connectivity index (χ0v) is 12.0. The van der Waals surface area contributed by atoms with Gasteiger partial charge in [0.1, 0.15) is 5.82 Å². The van der Waals surface area contributed by atoms with Crippen molar-refractivity contribution in [3.05, 3.63) is 35.1 Å². The van der Waals surface area contributed by atoms with Crippen molar-refractivity contribution >= 4 is 5.84 Å². The molecule has 5 heteroatoms. The molecule has 0 unspecified atom stereocenters. The maximum Gasteiger partial charge on any atom is 0.170 e. The summed E-state index contributed by atoms with van der Waals surface area (Å²) < 4.78 is 13.9. The molecule has 0 spiro atoms. The Kier molecular flexibility index (Phi) is 4.28. The standard InChI is InChI=1S/C15H22FN3O/c1-10(2)15(5-6-15)9-18-8-12-4-3-11(7-13(12)16)14(17)19-20/h3-4,7,10,18,20H,5-6,8-9H2,1-2H3,(H2,17,19). The summed E-state index contributed by atoms with van der Waals surface area (Å²) in [4.78, 5) is 0. The number of nitrogens with zero attached hydrogens (tertiary/aromatic N) is 1. The third-order valence-corrected chi connectivity index (χ3v) is 4.37. The number of halogens is 1. The summed E-state index contributed by atoms with van der Waals surface area (Å²) in [6, 6.07) is 4.62. The van der Waals surface area contributed by atoms with Crippen molar-refractivity contribution in [2.24, 2.45) is 22.2 Å². The molecule has 0 saturated heterocycles. The highest BCUT2D eigenvalue weighted by molar-refractivity contribution is 5.97. The van der Waals surface area contributed by atoms with E-state index in [1.807, 2.05) is 0 Å². The Morgan fingerprint density at radius 1 is 1.50 bits per heavy atom. The van der Waals surface area contributed by atoms with Crippen molar-refractivity contribution in [3.8, 4) is 0 Å². The van der Waals surface area contributed by atoms with Crippen LogP contribution in [0, 0.1) is 17.2 Å². The fourth-order valence-electron chi connectivity index (χ4n) is 2.47. The lowest BCUT2D eigenvalue weighted by molar-refractivity contribution is 0.318. The fraction of sp³-hybridized carbons (Fsp3) is 0.533. The summed E-state index contributed by atoms with van der Waals surface area (Å²) in [7, 11) is 0. The van der Waals surface area contributed by atoms with Gasteiger partial charge in [0.25, 0.3) is 0 Å². The topological polar surface area (TPSA) is 70.6 Å². The van der Waals surface area contributed by atoms with Gasteiger partial charge in [0.15, 0.2) is 5.84 Å². The lowest BCUT2D eigenvalue weighted by atomic mass is 9.92. The Labute approximate surface area is 118 Å². The zero-order chi connectivity index (χ0) is 14.8. The van der Waals surface area contributed by atoms with E-state index >= 15 is 0 Å². The minimum absolute atomic E-state index is 0.0832. The molecule has 2 rings (SSSR count). The summed E-state index contributed by atoms with van der Waals surface area (Å²) in [6.45, 7) is 5.89. The second-order valence-electron chi connectivity index (χ2n) is 5.91. The first-order valence-corrected chi connectivity index (χ1v) is 6.95. The van der Waals surface area contributed by atoms with Gasteiger partial charge in [-0.15, -0.1) is 0 Å². The summed E-state index contributed by atoms with van der Waals surface area (Å²) in [5, 5.41) is 14.8. The molecule has 20 heavy (non-hydrogen) atoms. The summed E-state index contributed by atoms with van der Waals surface area (Å²) in [6.07, 6.45) is 2.51. The molecule has 0 heterocycles. The minimum atomic E-state index is -0.337. The lowest BCUT2D eigenvalue weighted by Crippen LogP contribution is -2.27. The van der Waals surface area contributed by atoms with E-state index in [0.717, 1.165) is 6.54 Å². The van der Waals surface area contributed by atoms with Crippen LogP contribution in [0.15, 0.2) is 23.4 Å². The smallest absolute Gasteiger partial charge is 0.170 e. The van der Waals surface area contributed by atoms with Crippen LogP contribution in [0.4, 0.5) is 4.39 Å². The number of benzene rings is 1. The third-order valence-electron chi connectivity index (χ3n) is 4.37. The van der Waals surface area contributed by atoms with Crippen molar-refractivity contribution in [1.82, 2.24) is 5.32 Å². The van der Waals surface area contributed by atoms with Crippen molar-refractivity contribution < 1.29 is 9.60 Å². The average molecular weight is 279 g/mol. The van der Waals surface area contributed by atoms with Crippen LogP contribution in [0.2, 0.25) is 0 Å². The first-order chi connectivity index (χ1) is 9.48. The molecule has 1 fully saturated rings. The molecule has 4 N–H and O–H groups in total. The SMILES string of the molecule is CC(C)C1(CNCc2ccc(/C(N)=N/O)cc2F)CC1. The van der Waals surface area contributed by atoms with Crippen molar-refractivity contribution in [1.29, 1.82) is 0 Å². The molecule has 1 aliphatic rings. The van der Waals surface area contributed by atoms with Crippen LogP contribution in [0.1, 0.15) is 37.8 Å². The van der Waals surface area contributed by atoms with E-state index in [2.05, 4.69) is 24.3 Å². The van der Waals surface area contributed by atoms with Crippen molar-refractivity contribution in [2.75, 3.05) is 6.54 Å². The Morgan fingerprint density at radius 3 is 2.70 bits per heavy atom. The third kappa shape index (κ3) is 3.10. The summed E-state index contributed by atoms with van der Waals surface area (Å²) in [5.41, 5.74) is 6.82.